The van der Waals surface area contributed by atoms with Gasteiger partial charge in [-0.25, -0.2) is 0 Å². The third kappa shape index (κ3) is 3.13. The number of halogens is 1. The lowest BCUT2D eigenvalue weighted by Gasteiger charge is -2.11. The minimum absolute atomic E-state index is 0.196. The zero-order chi connectivity index (χ0) is 11.4. The van der Waals surface area contributed by atoms with Crippen molar-refractivity contribution in [2.75, 3.05) is 12.8 Å². The number of hydrogen-bond acceptors (Lipinski definition) is 3. The van der Waals surface area contributed by atoms with Crippen LogP contribution < -0.4 is 5.73 Å². The van der Waals surface area contributed by atoms with E-state index in [4.69, 9.17) is 17.3 Å². The second-order valence-corrected chi connectivity index (χ2v) is 3.91. The quantitative estimate of drug-likeness (QED) is 0.637. The lowest BCUT2D eigenvalue weighted by atomic mass is 10.00. The Morgan fingerprint density at radius 1 is 1.60 bits per heavy atom. The summed E-state index contributed by atoms with van der Waals surface area (Å²) < 4.78 is 4.64. The van der Waals surface area contributed by atoms with Crippen molar-refractivity contribution in [1.29, 1.82) is 0 Å². The molecule has 82 valence electrons. The number of anilines is 1. The lowest BCUT2D eigenvalue weighted by Crippen LogP contribution is -2.15. The number of esters is 1. The lowest BCUT2D eigenvalue weighted by molar-refractivity contribution is -0.144. The van der Waals surface area contributed by atoms with Crippen LogP contribution >= 0.6 is 11.6 Å². The van der Waals surface area contributed by atoms with Gasteiger partial charge in [0.1, 0.15) is 0 Å². The standard InChI is InChI=1S/C11H14ClNO2/c1-7(11(14)15-2)5-8-3-4-9(12)6-10(8)13/h3-4,6-7H,5,13H2,1-2H3. The second-order valence-electron chi connectivity index (χ2n) is 3.47. The molecular weight excluding hydrogens is 214 g/mol. The molecule has 0 bridgehead atoms. The summed E-state index contributed by atoms with van der Waals surface area (Å²) in [6.45, 7) is 1.81. The van der Waals surface area contributed by atoms with Crippen molar-refractivity contribution in [1.82, 2.24) is 0 Å². The highest BCUT2D eigenvalue weighted by atomic mass is 35.5. The molecule has 1 unspecified atom stereocenters. The average Bonchev–Trinajstić information content (AvgIpc) is 2.20. The normalized spacial score (nSPS) is 12.2. The van der Waals surface area contributed by atoms with E-state index >= 15 is 0 Å². The number of rotatable bonds is 3. The third-order valence-corrected chi connectivity index (χ3v) is 2.47. The van der Waals surface area contributed by atoms with Gasteiger partial charge in [0, 0.05) is 10.7 Å². The van der Waals surface area contributed by atoms with E-state index in [-0.39, 0.29) is 11.9 Å². The van der Waals surface area contributed by atoms with Gasteiger partial charge in [-0.05, 0) is 24.1 Å². The Bertz CT molecular complexity index is 366. The summed E-state index contributed by atoms with van der Waals surface area (Å²) in [6, 6.07) is 5.27. The van der Waals surface area contributed by atoms with Crippen LogP contribution in [0.5, 0.6) is 0 Å². The molecular formula is C11H14ClNO2. The molecule has 0 spiro atoms. The second kappa shape index (κ2) is 5.03. The van der Waals surface area contributed by atoms with Crippen LogP contribution in [0.15, 0.2) is 18.2 Å². The maximum Gasteiger partial charge on any atom is 0.308 e. The number of ether oxygens (including phenoxy) is 1. The maximum atomic E-state index is 11.2. The van der Waals surface area contributed by atoms with Crippen molar-refractivity contribution >= 4 is 23.3 Å². The number of nitrogen functional groups attached to an aromatic ring is 1. The zero-order valence-electron chi connectivity index (χ0n) is 8.79. The van der Waals surface area contributed by atoms with Crippen LogP contribution in [0, 0.1) is 5.92 Å². The summed E-state index contributed by atoms with van der Waals surface area (Å²) in [5.41, 5.74) is 7.30. The van der Waals surface area contributed by atoms with Crippen molar-refractivity contribution in [3.63, 3.8) is 0 Å². The summed E-state index contributed by atoms with van der Waals surface area (Å²) in [5.74, 6) is -0.428. The van der Waals surface area contributed by atoms with Crippen molar-refractivity contribution in [2.45, 2.75) is 13.3 Å². The molecule has 0 heterocycles. The van der Waals surface area contributed by atoms with Gasteiger partial charge in [-0.2, -0.15) is 0 Å². The predicted molar refractivity (Wildman–Crippen MR) is 60.7 cm³/mol. The molecule has 0 amide bonds. The number of methoxy groups -OCH3 is 1. The maximum absolute atomic E-state index is 11.2. The van der Waals surface area contributed by atoms with E-state index in [2.05, 4.69) is 4.74 Å². The number of nitrogens with two attached hydrogens (primary N) is 1. The monoisotopic (exact) mass is 227 g/mol. The molecule has 15 heavy (non-hydrogen) atoms. The number of benzene rings is 1. The molecule has 0 aliphatic rings. The van der Waals surface area contributed by atoms with Gasteiger partial charge in [0.15, 0.2) is 0 Å². The molecule has 0 aliphatic carbocycles. The average molecular weight is 228 g/mol. The Labute approximate surface area is 94.2 Å². The molecule has 0 radical (unpaired) electrons. The summed E-state index contributed by atoms with van der Waals surface area (Å²) in [4.78, 5) is 11.2. The van der Waals surface area contributed by atoms with Crippen LogP contribution in [0.4, 0.5) is 5.69 Å². The molecule has 0 saturated heterocycles. The van der Waals surface area contributed by atoms with Gasteiger partial charge in [-0.1, -0.05) is 24.6 Å². The highest BCUT2D eigenvalue weighted by Crippen LogP contribution is 2.21. The first-order chi connectivity index (χ1) is 7.04. The molecule has 1 aromatic rings. The topological polar surface area (TPSA) is 52.3 Å². The fourth-order valence-corrected chi connectivity index (χ4v) is 1.55. The zero-order valence-corrected chi connectivity index (χ0v) is 9.54. The van der Waals surface area contributed by atoms with E-state index in [1.165, 1.54) is 7.11 Å². The molecule has 4 heteroatoms. The fraction of sp³-hybridized carbons (Fsp3) is 0.364. The van der Waals surface area contributed by atoms with Crippen LogP contribution in [0.3, 0.4) is 0 Å². The Hall–Kier alpha value is -1.22. The first-order valence-electron chi connectivity index (χ1n) is 4.66. The van der Waals surface area contributed by atoms with Crippen LogP contribution in [-0.2, 0) is 16.0 Å². The summed E-state index contributed by atoms with van der Waals surface area (Å²) in [5, 5.41) is 0.599. The van der Waals surface area contributed by atoms with Gasteiger partial charge < -0.3 is 10.5 Å². The van der Waals surface area contributed by atoms with Crippen molar-refractivity contribution in [3.05, 3.63) is 28.8 Å². The van der Waals surface area contributed by atoms with E-state index in [1.807, 2.05) is 6.07 Å². The van der Waals surface area contributed by atoms with E-state index in [0.717, 1.165) is 5.56 Å². The van der Waals surface area contributed by atoms with Crippen LogP contribution in [0.25, 0.3) is 0 Å². The molecule has 2 N–H and O–H groups in total. The van der Waals surface area contributed by atoms with Gasteiger partial charge in [0.2, 0.25) is 0 Å². The first-order valence-corrected chi connectivity index (χ1v) is 5.04. The first kappa shape index (κ1) is 11.9. The Morgan fingerprint density at radius 2 is 2.27 bits per heavy atom. The molecule has 0 aliphatic heterocycles. The Morgan fingerprint density at radius 3 is 2.80 bits per heavy atom. The molecule has 1 rings (SSSR count). The number of hydrogen-bond donors (Lipinski definition) is 1. The minimum atomic E-state index is -0.232. The smallest absolute Gasteiger partial charge is 0.308 e. The summed E-state index contributed by atoms with van der Waals surface area (Å²) in [7, 11) is 1.38. The largest absolute Gasteiger partial charge is 0.469 e. The minimum Gasteiger partial charge on any atom is -0.469 e. The van der Waals surface area contributed by atoms with E-state index in [1.54, 1.807) is 19.1 Å². The van der Waals surface area contributed by atoms with Crippen LogP contribution in [0.1, 0.15) is 12.5 Å². The van der Waals surface area contributed by atoms with Crippen molar-refractivity contribution in [3.8, 4) is 0 Å². The van der Waals surface area contributed by atoms with Crippen molar-refractivity contribution in [2.24, 2.45) is 5.92 Å². The Balaban J connectivity index is 2.76. The molecule has 0 fully saturated rings. The highest BCUT2D eigenvalue weighted by molar-refractivity contribution is 6.30. The molecule has 0 saturated carbocycles. The predicted octanol–water partition coefficient (Wildman–Crippen LogP) is 2.27. The van der Waals surface area contributed by atoms with Crippen LogP contribution in [-0.4, -0.2) is 13.1 Å². The Kier molecular flexibility index (Phi) is 3.97. The molecule has 1 atom stereocenters. The van der Waals surface area contributed by atoms with Gasteiger partial charge in [-0.3, -0.25) is 4.79 Å². The van der Waals surface area contributed by atoms with E-state index < -0.39 is 0 Å². The third-order valence-electron chi connectivity index (χ3n) is 2.24. The fourth-order valence-electron chi connectivity index (χ4n) is 1.37. The SMILES string of the molecule is COC(=O)C(C)Cc1ccc(Cl)cc1N. The number of carbonyl (C=O) groups excluding carboxylic acids is 1. The van der Waals surface area contributed by atoms with E-state index in [0.29, 0.717) is 17.1 Å². The van der Waals surface area contributed by atoms with Gasteiger partial charge in [0.05, 0.1) is 13.0 Å². The molecule has 3 nitrogen and oxygen atoms in total. The van der Waals surface area contributed by atoms with Gasteiger partial charge in [0.25, 0.3) is 0 Å². The number of carbonyl (C=O) groups is 1. The highest BCUT2D eigenvalue weighted by Gasteiger charge is 2.14. The van der Waals surface area contributed by atoms with Crippen LogP contribution in [0.2, 0.25) is 5.02 Å². The van der Waals surface area contributed by atoms with Gasteiger partial charge in [-0.15, -0.1) is 0 Å². The summed E-state index contributed by atoms with van der Waals surface area (Å²) >= 11 is 5.77. The van der Waals surface area contributed by atoms with Crippen molar-refractivity contribution < 1.29 is 9.53 Å². The van der Waals surface area contributed by atoms with Gasteiger partial charge >= 0.3 is 5.97 Å². The molecule has 1 aromatic carbocycles. The van der Waals surface area contributed by atoms with E-state index in [9.17, 15) is 4.79 Å². The summed E-state index contributed by atoms with van der Waals surface area (Å²) in [6.07, 6.45) is 0.565. The molecule has 0 aromatic heterocycles.